The summed E-state index contributed by atoms with van der Waals surface area (Å²) in [5, 5.41) is 0. The zero-order valence-corrected chi connectivity index (χ0v) is 13.3. The number of nitrogens with zero attached hydrogens (tertiary/aromatic N) is 1. The van der Waals surface area contributed by atoms with Crippen LogP contribution in [0.25, 0.3) is 0 Å². The molecule has 0 unspecified atom stereocenters. The molecular weight excluding hydrogens is 342 g/mol. The van der Waals surface area contributed by atoms with Crippen molar-refractivity contribution < 1.29 is 21.6 Å². The van der Waals surface area contributed by atoms with E-state index in [2.05, 4.69) is 4.98 Å². The van der Waals surface area contributed by atoms with Gasteiger partial charge >= 0.3 is 0 Å². The van der Waals surface area contributed by atoms with Crippen LogP contribution in [0.15, 0.2) is 53.6 Å². The molecular formula is C13H13N3O5S2. The van der Waals surface area contributed by atoms with Crippen LogP contribution in [0, 0.1) is 0 Å². The number of hydrogen-bond donors (Lipinski definition) is 2. The molecule has 0 radical (unpaired) electrons. The predicted molar refractivity (Wildman–Crippen MR) is 82.1 cm³/mol. The van der Waals surface area contributed by atoms with E-state index in [4.69, 9.17) is 5.73 Å². The lowest BCUT2D eigenvalue weighted by Crippen LogP contribution is -2.32. The zero-order chi connectivity index (χ0) is 17.1. The predicted octanol–water partition coefficient (Wildman–Crippen LogP) is -0.0112. The highest BCUT2D eigenvalue weighted by molar-refractivity contribution is 8.04. The van der Waals surface area contributed by atoms with Crippen molar-refractivity contribution in [1.82, 2.24) is 9.11 Å². The molecule has 8 nitrogen and oxygen atoms in total. The quantitative estimate of drug-likeness (QED) is 0.748. The maximum absolute atomic E-state index is 12.2. The number of nitrogens with two attached hydrogens (primary N) is 1. The van der Waals surface area contributed by atoms with Crippen molar-refractivity contribution >= 4 is 26.0 Å². The maximum Gasteiger partial charge on any atom is 0.253 e. The van der Waals surface area contributed by atoms with Crippen LogP contribution in [0.1, 0.15) is 16.1 Å². The van der Waals surface area contributed by atoms with Gasteiger partial charge in [-0.05, 0) is 30.3 Å². The average molecular weight is 355 g/mol. The normalized spacial score (nSPS) is 12.0. The van der Waals surface area contributed by atoms with Crippen LogP contribution in [-0.4, -0.2) is 27.7 Å². The number of rotatable bonds is 6. The Bertz CT molecular complexity index is 925. The molecule has 0 saturated carbocycles. The van der Waals surface area contributed by atoms with Crippen LogP contribution in [0.4, 0.5) is 0 Å². The van der Waals surface area contributed by atoms with E-state index in [0.717, 1.165) is 12.1 Å². The van der Waals surface area contributed by atoms with E-state index in [1.165, 1.54) is 24.4 Å². The van der Waals surface area contributed by atoms with Gasteiger partial charge in [0.15, 0.2) is 0 Å². The molecule has 0 saturated heterocycles. The number of hydrogen-bond acceptors (Lipinski definition) is 6. The number of amides is 1. The zero-order valence-electron chi connectivity index (χ0n) is 11.7. The first kappa shape index (κ1) is 17.1. The molecule has 0 aliphatic heterocycles. The summed E-state index contributed by atoms with van der Waals surface area (Å²) in [4.78, 5) is 14.5. The van der Waals surface area contributed by atoms with Gasteiger partial charge in [-0.1, -0.05) is 12.1 Å². The van der Waals surface area contributed by atoms with Gasteiger partial charge in [-0.15, -0.1) is 4.13 Å². The van der Waals surface area contributed by atoms with Crippen molar-refractivity contribution in [1.29, 1.82) is 0 Å². The summed E-state index contributed by atoms with van der Waals surface area (Å²) < 4.78 is 49.9. The lowest BCUT2D eigenvalue weighted by Gasteiger charge is -2.08. The fraction of sp³-hybridized carbons (Fsp3) is 0.0769. The molecule has 0 aliphatic carbocycles. The van der Waals surface area contributed by atoms with E-state index in [-0.39, 0.29) is 16.2 Å². The Morgan fingerprint density at radius 3 is 2.43 bits per heavy atom. The molecule has 2 rings (SSSR count). The number of benzene rings is 1. The van der Waals surface area contributed by atoms with E-state index in [0.29, 0.717) is 0 Å². The molecule has 2 aromatic rings. The van der Waals surface area contributed by atoms with Crippen LogP contribution in [0.5, 0.6) is 0 Å². The Balaban J connectivity index is 2.27. The van der Waals surface area contributed by atoms with Gasteiger partial charge in [0.25, 0.3) is 10.0 Å². The standard InChI is InChI=1S/C13H13N3O5S2/c14-13(17)10-4-3-6-12(8-10)23(20,21)16-22(18,19)9-11-5-1-2-7-15-11/h1-8,16H,9H2,(H2,14,17). The lowest BCUT2D eigenvalue weighted by atomic mass is 10.2. The van der Waals surface area contributed by atoms with Crippen molar-refractivity contribution in [3.05, 3.63) is 59.9 Å². The molecule has 0 atom stereocenters. The molecule has 1 aromatic carbocycles. The first-order valence-electron chi connectivity index (χ1n) is 6.26. The third-order valence-corrected chi connectivity index (χ3v) is 6.17. The van der Waals surface area contributed by atoms with Crippen molar-refractivity contribution in [3.63, 3.8) is 0 Å². The Kier molecular flexibility index (Phi) is 4.78. The van der Waals surface area contributed by atoms with Gasteiger partial charge in [0.05, 0.1) is 10.6 Å². The summed E-state index contributed by atoms with van der Waals surface area (Å²) in [7, 11) is -8.56. The van der Waals surface area contributed by atoms with Crippen molar-refractivity contribution in [2.75, 3.05) is 0 Å². The Morgan fingerprint density at radius 2 is 1.83 bits per heavy atom. The SMILES string of the molecule is NC(=O)c1cccc(S(=O)(=O)NS(=O)(=O)Cc2ccccn2)c1. The Labute approximate surface area is 133 Å². The maximum atomic E-state index is 12.2. The molecule has 0 aliphatic rings. The highest BCUT2D eigenvalue weighted by atomic mass is 32.3. The van der Waals surface area contributed by atoms with E-state index in [1.807, 2.05) is 0 Å². The molecule has 10 heteroatoms. The van der Waals surface area contributed by atoms with Crippen molar-refractivity contribution in [2.24, 2.45) is 5.73 Å². The summed E-state index contributed by atoms with van der Waals surface area (Å²) in [6.45, 7) is 0. The molecule has 0 spiro atoms. The second kappa shape index (κ2) is 6.44. The van der Waals surface area contributed by atoms with Crippen LogP contribution in [0.2, 0.25) is 0 Å². The number of carbonyl (C=O) groups excluding carboxylic acids is 1. The van der Waals surface area contributed by atoms with Crippen LogP contribution in [-0.2, 0) is 25.8 Å². The fourth-order valence-electron chi connectivity index (χ4n) is 1.74. The van der Waals surface area contributed by atoms with Crippen LogP contribution < -0.4 is 9.86 Å². The van der Waals surface area contributed by atoms with Gasteiger partial charge in [0.1, 0.15) is 5.75 Å². The van der Waals surface area contributed by atoms with Crippen LogP contribution >= 0.6 is 0 Å². The summed E-state index contributed by atoms with van der Waals surface area (Å²) in [5.74, 6) is -1.42. The van der Waals surface area contributed by atoms with Crippen molar-refractivity contribution in [3.8, 4) is 0 Å². The molecule has 1 aromatic heterocycles. The average Bonchev–Trinajstić information content (AvgIpc) is 2.46. The van der Waals surface area contributed by atoms with E-state index in [1.54, 1.807) is 16.3 Å². The molecule has 0 bridgehead atoms. The first-order chi connectivity index (χ1) is 10.7. The number of sulfonamides is 2. The number of aromatic nitrogens is 1. The molecule has 23 heavy (non-hydrogen) atoms. The Hall–Kier alpha value is -2.30. The van der Waals surface area contributed by atoms with E-state index < -0.39 is 31.7 Å². The monoisotopic (exact) mass is 355 g/mol. The second-order valence-electron chi connectivity index (χ2n) is 4.56. The number of nitrogens with one attached hydrogen (secondary N) is 1. The number of pyridine rings is 1. The smallest absolute Gasteiger partial charge is 0.253 e. The van der Waals surface area contributed by atoms with Gasteiger partial charge < -0.3 is 5.73 Å². The van der Waals surface area contributed by atoms with Gasteiger partial charge in [-0.2, -0.15) is 0 Å². The summed E-state index contributed by atoms with van der Waals surface area (Å²) in [5.41, 5.74) is 5.22. The van der Waals surface area contributed by atoms with Gasteiger partial charge in [0.2, 0.25) is 15.9 Å². The molecule has 1 amide bonds. The van der Waals surface area contributed by atoms with Gasteiger partial charge in [0, 0.05) is 11.8 Å². The Morgan fingerprint density at radius 1 is 1.09 bits per heavy atom. The highest BCUT2D eigenvalue weighted by Gasteiger charge is 2.24. The molecule has 1 heterocycles. The third kappa shape index (κ3) is 4.58. The minimum absolute atomic E-state index is 0.0463. The molecule has 3 N–H and O–H groups in total. The van der Waals surface area contributed by atoms with Crippen LogP contribution in [0.3, 0.4) is 0 Å². The van der Waals surface area contributed by atoms with E-state index >= 15 is 0 Å². The topological polar surface area (TPSA) is 136 Å². The van der Waals surface area contributed by atoms with Crippen molar-refractivity contribution in [2.45, 2.75) is 10.6 Å². The molecule has 0 fully saturated rings. The van der Waals surface area contributed by atoms with Gasteiger partial charge in [-0.3, -0.25) is 9.78 Å². The molecule has 122 valence electrons. The first-order valence-corrected chi connectivity index (χ1v) is 9.39. The minimum Gasteiger partial charge on any atom is -0.366 e. The number of primary amides is 1. The van der Waals surface area contributed by atoms with Gasteiger partial charge in [-0.25, -0.2) is 16.8 Å². The highest BCUT2D eigenvalue weighted by Crippen LogP contribution is 2.13. The second-order valence-corrected chi connectivity index (χ2v) is 8.22. The summed E-state index contributed by atoms with van der Waals surface area (Å²) >= 11 is 0. The minimum atomic E-state index is -4.37. The summed E-state index contributed by atoms with van der Waals surface area (Å²) in [6.07, 6.45) is 1.40. The number of carbonyl (C=O) groups is 1. The summed E-state index contributed by atoms with van der Waals surface area (Å²) in [6, 6.07) is 9.42. The largest absolute Gasteiger partial charge is 0.366 e. The lowest BCUT2D eigenvalue weighted by molar-refractivity contribution is 0.1000. The fourth-order valence-corrected chi connectivity index (χ4v) is 4.80. The van der Waals surface area contributed by atoms with E-state index in [9.17, 15) is 21.6 Å². The third-order valence-electron chi connectivity index (χ3n) is 2.73.